The molecular weight excluding hydrogens is 268 g/mol. The third-order valence-electron chi connectivity index (χ3n) is 3.98. The van der Waals surface area contributed by atoms with E-state index in [-0.39, 0.29) is 23.8 Å². The van der Waals surface area contributed by atoms with Crippen molar-refractivity contribution >= 4 is 11.8 Å². The predicted octanol–water partition coefficient (Wildman–Crippen LogP) is 0.990. The molecule has 6 nitrogen and oxygen atoms in total. The fourth-order valence-corrected chi connectivity index (χ4v) is 2.74. The number of hydrogen-bond acceptors (Lipinski definition) is 3. The average Bonchev–Trinajstić information content (AvgIpc) is 2.64. The molecule has 2 rings (SSSR count). The van der Waals surface area contributed by atoms with E-state index in [0.29, 0.717) is 13.0 Å². The number of aromatic nitrogens is 2. The number of carbonyl (C=O) groups excluding carboxylic acids is 2. The zero-order chi connectivity index (χ0) is 15.7. The van der Waals surface area contributed by atoms with Crippen LogP contribution in [0.25, 0.3) is 0 Å². The average molecular weight is 292 g/mol. The van der Waals surface area contributed by atoms with E-state index in [0.717, 1.165) is 11.4 Å². The van der Waals surface area contributed by atoms with Gasteiger partial charge in [0.1, 0.15) is 6.04 Å². The molecule has 1 N–H and O–H groups in total. The van der Waals surface area contributed by atoms with Crippen LogP contribution in [0.4, 0.5) is 0 Å². The van der Waals surface area contributed by atoms with E-state index < -0.39 is 6.04 Å². The minimum absolute atomic E-state index is 0.0118. The maximum atomic E-state index is 12.7. The van der Waals surface area contributed by atoms with Crippen molar-refractivity contribution in [1.82, 2.24) is 20.0 Å². The summed E-state index contributed by atoms with van der Waals surface area (Å²) < 4.78 is 1.79. The first-order valence-electron chi connectivity index (χ1n) is 7.39. The minimum Gasteiger partial charge on any atom is -0.344 e. The summed E-state index contributed by atoms with van der Waals surface area (Å²) in [6.45, 7) is 8.23. The fraction of sp³-hybridized carbons (Fsp3) is 0.667. The first-order chi connectivity index (χ1) is 9.79. The van der Waals surface area contributed by atoms with Crippen molar-refractivity contribution < 1.29 is 9.59 Å². The highest BCUT2D eigenvalue weighted by Gasteiger charge is 2.35. The smallest absolute Gasteiger partial charge is 0.246 e. The Bertz CT molecular complexity index is 550. The van der Waals surface area contributed by atoms with Crippen molar-refractivity contribution in [2.75, 3.05) is 0 Å². The van der Waals surface area contributed by atoms with Crippen LogP contribution in [0.1, 0.15) is 38.6 Å². The molecule has 2 atom stereocenters. The Morgan fingerprint density at radius 1 is 1.43 bits per heavy atom. The molecular formula is C15H24N4O2. The van der Waals surface area contributed by atoms with E-state index in [1.54, 1.807) is 9.58 Å². The predicted molar refractivity (Wildman–Crippen MR) is 79.3 cm³/mol. The van der Waals surface area contributed by atoms with Gasteiger partial charge in [-0.15, -0.1) is 0 Å². The Hall–Kier alpha value is -1.85. The molecule has 0 saturated carbocycles. The van der Waals surface area contributed by atoms with E-state index in [1.807, 2.05) is 40.8 Å². The van der Waals surface area contributed by atoms with Crippen molar-refractivity contribution in [2.45, 2.75) is 52.7 Å². The van der Waals surface area contributed by atoms with Gasteiger partial charge in [-0.05, 0) is 25.8 Å². The van der Waals surface area contributed by atoms with E-state index in [2.05, 4.69) is 10.4 Å². The Morgan fingerprint density at radius 2 is 2.10 bits per heavy atom. The quantitative estimate of drug-likeness (QED) is 0.903. The number of carbonyl (C=O) groups is 2. The molecule has 1 aromatic rings. The molecule has 1 fully saturated rings. The molecule has 116 valence electrons. The van der Waals surface area contributed by atoms with E-state index in [1.165, 1.54) is 0 Å². The van der Waals surface area contributed by atoms with Crippen molar-refractivity contribution in [3.05, 3.63) is 17.5 Å². The summed E-state index contributed by atoms with van der Waals surface area (Å²) in [4.78, 5) is 26.5. The van der Waals surface area contributed by atoms with Gasteiger partial charge in [-0.2, -0.15) is 5.10 Å². The molecule has 2 amide bonds. The third kappa shape index (κ3) is 3.25. The van der Waals surface area contributed by atoms with Crippen LogP contribution in [-0.4, -0.2) is 38.6 Å². The van der Waals surface area contributed by atoms with Crippen LogP contribution in [0.5, 0.6) is 0 Å². The van der Waals surface area contributed by atoms with Gasteiger partial charge in [0.15, 0.2) is 0 Å². The lowest BCUT2D eigenvalue weighted by Gasteiger charge is -2.29. The van der Waals surface area contributed by atoms with Crippen LogP contribution >= 0.6 is 0 Å². The Kier molecular flexibility index (Phi) is 4.34. The van der Waals surface area contributed by atoms with E-state index in [4.69, 9.17) is 0 Å². The third-order valence-corrected chi connectivity index (χ3v) is 3.98. The molecule has 0 aliphatic carbocycles. The fourth-order valence-electron chi connectivity index (χ4n) is 2.74. The van der Waals surface area contributed by atoms with Gasteiger partial charge < -0.3 is 10.2 Å². The van der Waals surface area contributed by atoms with Crippen LogP contribution in [-0.2, 0) is 23.2 Å². The molecule has 6 heteroatoms. The van der Waals surface area contributed by atoms with Gasteiger partial charge in [0.2, 0.25) is 11.8 Å². The summed E-state index contributed by atoms with van der Waals surface area (Å²) in [5.41, 5.74) is 1.90. The van der Waals surface area contributed by atoms with Gasteiger partial charge in [0.25, 0.3) is 0 Å². The minimum atomic E-state index is -0.447. The summed E-state index contributed by atoms with van der Waals surface area (Å²) in [7, 11) is 1.87. The number of rotatable bonds is 3. The van der Waals surface area contributed by atoms with E-state index >= 15 is 0 Å². The van der Waals surface area contributed by atoms with Crippen molar-refractivity contribution in [3.63, 3.8) is 0 Å². The second kappa shape index (κ2) is 5.87. The standard InChI is InChI=1S/C15H24N4O2/c1-9(2)14-15(21)19(11(4)7-13(20)16-14)8-12-6-10(3)17-18(12)5/h6,9,11,14H,7-8H2,1-5H3,(H,16,20). The normalized spacial score (nSPS) is 23.4. The first-order valence-corrected chi connectivity index (χ1v) is 7.39. The van der Waals surface area contributed by atoms with Crippen molar-refractivity contribution in [3.8, 4) is 0 Å². The van der Waals surface area contributed by atoms with Gasteiger partial charge in [-0.1, -0.05) is 13.8 Å². The van der Waals surface area contributed by atoms with Crippen LogP contribution in [0.15, 0.2) is 6.07 Å². The van der Waals surface area contributed by atoms with Gasteiger partial charge in [-0.3, -0.25) is 14.3 Å². The topological polar surface area (TPSA) is 67.2 Å². The zero-order valence-corrected chi connectivity index (χ0v) is 13.4. The molecule has 2 unspecified atom stereocenters. The number of amides is 2. The largest absolute Gasteiger partial charge is 0.344 e. The summed E-state index contributed by atoms with van der Waals surface area (Å²) in [6, 6.07) is 1.41. The highest BCUT2D eigenvalue weighted by Crippen LogP contribution is 2.19. The Labute approximate surface area is 125 Å². The summed E-state index contributed by atoms with van der Waals surface area (Å²) in [5, 5.41) is 7.16. The lowest BCUT2D eigenvalue weighted by molar-refractivity contribution is -0.136. The highest BCUT2D eigenvalue weighted by atomic mass is 16.2. The summed E-state index contributed by atoms with van der Waals surface area (Å²) >= 11 is 0. The molecule has 0 spiro atoms. The molecule has 1 aromatic heterocycles. The lowest BCUT2D eigenvalue weighted by atomic mass is 10.0. The maximum Gasteiger partial charge on any atom is 0.246 e. The Balaban J connectivity index is 2.28. The van der Waals surface area contributed by atoms with Gasteiger partial charge in [0.05, 0.1) is 17.9 Å². The number of nitrogens with one attached hydrogen (secondary N) is 1. The number of hydrogen-bond donors (Lipinski definition) is 1. The maximum absolute atomic E-state index is 12.7. The van der Waals surface area contributed by atoms with Crippen LogP contribution in [0.2, 0.25) is 0 Å². The summed E-state index contributed by atoms with van der Waals surface area (Å²) in [6.07, 6.45) is 0.339. The molecule has 21 heavy (non-hydrogen) atoms. The lowest BCUT2D eigenvalue weighted by Crippen LogP contribution is -2.48. The van der Waals surface area contributed by atoms with Crippen LogP contribution in [0.3, 0.4) is 0 Å². The first kappa shape index (κ1) is 15.5. The SMILES string of the molecule is Cc1cc(CN2C(=O)C(C(C)C)NC(=O)CC2C)n(C)n1. The van der Waals surface area contributed by atoms with Crippen LogP contribution < -0.4 is 5.32 Å². The molecule has 1 aliphatic heterocycles. The molecule has 0 radical (unpaired) electrons. The van der Waals surface area contributed by atoms with Crippen molar-refractivity contribution in [2.24, 2.45) is 13.0 Å². The summed E-state index contributed by atoms with van der Waals surface area (Å²) in [5.74, 6) is 0.00274. The molecule has 1 aliphatic rings. The van der Waals surface area contributed by atoms with E-state index in [9.17, 15) is 9.59 Å². The zero-order valence-electron chi connectivity index (χ0n) is 13.4. The second-order valence-electron chi connectivity index (χ2n) is 6.21. The molecule has 1 saturated heterocycles. The van der Waals surface area contributed by atoms with Gasteiger partial charge in [0, 0.05) is 19.5 Å². The van der Waals surface area contributed by atoms with Gasteiger partial charge >= 0.3 is 0 Å². The van der Waals surface area contributed by atoms with Crippen molar-refractivity contribution in [1.29, 1.82) is 0 Å². The molecule has 2 heterocycles. The Morgan fingerprint density at radius 3 is 2.62 bits per heavy atom. The number of nitrogens with zero attached hydrogens (tertiary/aromatic N) is 3. The highest BCUT2D eigenvalue weighted by molar-refractivity contribution is 5.90. The number of aryl methyl sites for hydroxylation is 2. The molecule has 0 aromatic carbocycles. The van der Waals surface area contributed by atoms with Crippen LogP contribution in [0, 0.1) is 12.8 Å². The van der Waals surface area contributed by atoms with Gasteiger partial charge in [-0.25, -0.2) is 0 Å². The molecule has 0 bridgehead atoms. The monoisotopic (exact) mass is 292 g/mol. The second-order valence-corrected chi connectivity index (χ2v) is 6.21.